The third kappa shape index (κ3) is 3.14. The molecule has 0 bridgehead atoms. The Labute approximate surface area is 153 Å². The van der Waals surface area contributed by atoms with Gasteiger partial charge < -0.3 is 14.6 Å². The summed E-state index contributed by atoms with van der Waals surface area (Å²) >= 11 is 0. The molecule has 0 amide bonds. The minimum Gasteiger partial charge on any atom is -0.494 e. The van der Waals surface area contributed by atoms with Gasteiger partial charge in [0.05, 0.1) is 7.11 Å². The molecule has 1 aliphatic rings. The van der Waals surface area contributed by atoms with Crippen molar-refractivity contribution in [1.82, 2.24) is 9.55 Å². The number of benzene rings is 1. The number of hydrogen-bond acceptors (Lipinski definition) is 3. The van der Waals surface area contributed by atoms with E-state index >= 15 is 0 Å². The number of pyridine rings is 1. The second-order valence-electron chi connectivity index (χ2n) is 7.07. The number of nitrogens with one attached hydrogen (secondary N) is 1. The predicted octanol–water partition coefficient (Wildman–Crippen LogP) is 5.51. The van der Waals surface area contributed by atoms with Gasteiger partial charge in [0.25, 0.3) is 0 Å². The second kappa shape index (κ2) is 6.98. The van der Waals surface area contributed by atoms with E-state index in [4.69, 9.17) is 9.72 Å². The van der Waals surface area contributed by atoms with Crippen molar-refractivity contribution in [3.8, 4) is 5.75 Å². The van der Waals surface area contributed by atoms with Gasteiger partial charge in [0.1, 0.15) is 11.5 Å². The van der Waals surface area contributed by atoms with Crippen molar-refractivity contribution >= 4 is 22.5 Å². The maximum absolute atomic E-state index is 13.9. The van der Waals surface area contributed by atoms with Crippen LogP contribution in [0.4, 0.5) is 15.9 Å². The molecule has 3 aromatic rings. The Morgan fingerprint density at radius 3 is 2.69 bits per heavy atom. The molecule has 0 atom stereocenters. The number of halogens is 1. The summed E-state index contributed by atoms with van der Waals surface area (Å²) in [5.41, 5.74) is 3.03. The molecule has 26 heavy (non-hydrogen) atoms. The van der Waals surface area contributed by atoms with Crippen molar-refractivity contribution < 1.29 is 9.13 Å². The molecule has 4 rings (SSSR count). The first-order valence-electron chi connectivity index (χ1n) is 9.22. The summed E-state index contributed by atoms with van der Waals surface area (Å²) in [7, 11) is 3.50. The summed E-state index contributed by atoms with van der Waals surface area (Å²) in [6, 6.07) is 8.92. The first-order chi connectivity index (χ1) is 12.7. The van der Waals surface area contributed by atoms with Gasteiger partial charge in [0.15, 0.2) is 11.6 Å². The van der Waals surface area contributed by atoms with Crippen molar-refractivity contribution in [2.75, 3.05) is 12.4 Å². The molecule has 0 radical (unpaired) electrons. The monoisotopic (exact) mass is 353 g/mol. The lowest BCUT2D eigenvalue weighted by Gasteiger charge is -2.21. The summed E-state index contributed by atoms with van der Waals surface area (Å²) in [5.74, 6) is 1.19. The molecule has 0 unspecified atom stereocenters. The van der Waals surface area contributed by atoms with Gasteiger partial charge in [-0.05, 0) is 48.6 Å². The molecule has 5 heteroatoms. The zero-order valence-electron chi connectivity index (χ0n) is 15.3. The van der Waals surface area contributed by atoms with Gasteiger partial charge in [0.2, 0.25) is 0 Å². The second-order valence-corrected chi connectivity index (χ2v) is 7.07. The number of ether oxygens (including phenoxy) is 1. The highest BCUT2D eigenvalue weighted by Gasteiger charge is 2.20. The number of fused-ring (bicyclic) bond motifs is 1. The number of methoxy groups -OCH3 is 1. The molecule has 0 aliphatic heterocycles. The van der Waals surface area contributed by atoms with Gasteiger partial charge >= 0.3 is 0 Å². The molecule has 4 nitrogen and oxygen atoms in total. The standard InChI is InChI=1S/C21H24FN3O/c1-25-13-17(14-6-4-3-5-7-14)16-9-11-20(24-21(16)25)23-15-8-10-19(26-2)18(22)12-15/h8-14H,3-7H2,1-2H3,(H,23,24). The molecule has 2 heterocycles. The average Bonchev–Trinajstić information content (AvgIpc) is 2.99. The summed E-state index contributed by atoms with van der Waals surface area (Å²) in [4.78, 5) is 4.76. The van der Waals surface area contributed by atoms with Crippen LogP contribution in [0.2, 0.25) is 0 Å². The Kier molecular flexibility index (Phi) is 4.53. The molecular formula is C21H24FN3O. The Balaban J connectivity index is 1.63. The highest BCUT2D eigenvalue weighted by molar-refractivity contribution is 5.83. The molecule has 1 fully saturated rings. The fourth-order valence-electron chi connectivity index (χ4n) is 3.98. The lowest BCUT2D eigenvalue weighted by Crippen LogP contribution is -2.03. The van der Waals surface area contributed by atoms with E-state index in [1.54, 1.807) is 12.1 Å². The lowest BCUT2D eigenvalue weighted by molar-refractivity contribution is 0.386. The van der Waals surface area contributed by atoms with Crippen LogP contribution in [0.3, 0.4) is 0 Å². The molecule has 2 aromatic heterocycles. The molecule has 1 saturated carbocycles. The van der Waals surface area contributed by atoms with Gasteiger partial charge in [-0.25, -0.2) is 9.37 Å². The summed E-state index contributed by atoms with van der Waals surface area (Å²) in [6.07, 6.45) is 8.75. The Bertz CT molecular complexity index is 928. The summed E-state index contributed by atoms with van der Waals surface area (Å²) in [5, 5.41) is 4.41. The van der Waals surface area contributed by atoms with Crippen LogP contribution in [0.1, 0.15) is 43.6 Å². The minimum absolute atomic E-state index is 0.235. The fourth-order valence-corrected chi connectivity index (χ4v) is 3.98. The van der Waals surface area contributed by atoms with Crippen molar-refractivity contribution in [1.29, 1.82) is 0 Å². The van der Waals surface area contributed by atoms with Gasteiger partial charge in [-0.3, -0.25) is 0 Å². The zero-order chi connectivity index (χ0) is 18.1. The largest absolute Gasteiger partial charge is 0.494 e. The van der Waals surface area contributed by atoms with Gasteiger partial charge in [0, 0.05) is 30.4 Å². The van der Waals surface area contributed by atoms with Crippen LogP contribution in [-0.4, -0.2) is 16.7 Å². The minimum atomic E-state index is -0.392. The van der Waals surface area contributed by atoms with Crippen molar-refractivity contribution in [3.63, 3.8) is 0 Å². The van der Waals surface area contributed by atoms with Crippen LogP contribution in [0.15, 0.2) is 36.5 Å². The average molecular weight is 353 g/mol. The zero-order valence-corrected chi connectivity index (χ0v) is 15.3. The van der Waals surface area contributed by atoms with Crippen LogP contribution in [0.5, 0.6) is 5.75 Å². The quantitative estimate of drug-likeness (QED) is 0.672. The maximum atomic E-state index is 13.9. The molecule has 1 aliphatic carbocycles. The maximum Gasteiger partial charge on any atom is 0.167 e. The highest BCUT2D eigenvalue weighted by atomic mass is 19.1. The normalized spacial score (nSPS) is 15.3. The van der Waals surface area contributed by atoms with E-state index in [0.717, 1.165) is 5.65 Å². The molecular weight excluding hydrogens is 329 g/mol. The van der Waals surface area contributed by atoms with Crippen LogP contribution in [-0.2, 0) is 7.05 Å². The number of rotatable bonds is 4. The first kappa shape index (κ1) is 16.9. The molecule has 1 aromatic carbocycles. The molecule has 136 valence electrons. The summed E-state index contributed by atoms with van der Waals surface area (Å²) in [6.45, 7) is 0. The van der Waals surface area contributed by atoms with Gasteiger partial charge in [-0.15, -0.1) is 0 Å². The van der Waals surface area contributed by atoms with E-state index in [2.05, 4.69) is 22.1 Å². The van der Waals surface area contributed by atoms with Crippen LogP contribution < -0.4 is 10.1 Å². The Morgan fingerprint density at radius 2 is 1.96 bits per heavy atom. The van der Waals surface area contributed by atoms with Gasteiger partial charge in [-0.2, -0.15) is 0 Å². The predicted molar refractivity (Wildman–Crippen MR) is 103 cm³/mol. The van der Waals surface area contributed by atoms with Crippen molar-refractivity contribution in [2.24, 2.45) is 7.05 Å². The fraction of sp³-hybridized carbons (Fsp3) is 0.381. The van der Waals surface area contributed by atoms with E-state index in [0.29, 0.717) is 17.4 Å². The third-order valence-electron chi connectivity index (χ3n) is 5.32. The van der Waals surface area contributed by atoms with E-state index in [9.17, 15) is 4.39 Å². The lowest BCUT2D eigenvalue weighted by atomic mass is 9.84. The van der Waals surface area contributed by atoms with Crippen LogP contribution in [0.25, 0.3) is 11.0 Å². The van der Waals surface area contributed by atoms with E-state index in [1.807, 2.05) is 13.1 Å². The molecule has 0 saturated heterocycles. The molecule has 0 spiro atoms. The highest BCUT2D eigenvalue weighted by Crippen LogP contribution is 2.37. The van der Waals surface area contributed by atoms with Crippen molar-refractivity contribution in [2.45, 2.75) is 38.0 Å². The third-order valence-corrected chi connectivity index (χ3v) is 5.32. The van der Waals surface area contributed by atoms with Crippen LogP contribution in [0, 0.1) is 5.82 Å². The SMILES string of the molecule is COc1ccc(Nc2ccc3c(C4CCCCC4)cn(C)c3n2)cc1F. The topological polar surface area (TPSA) is 39.1 Å². The number of nitrogens with zero attached hydrogens (tertiary/aromatic N) is 2. The van der Waals surface area contributed by atoms with Crippen LogP contribution >= 0.6 is 0 Å². The number of anilines is 2. The number of aromatic nitrogens is 2. The van der Waals surface area contributed by atoms with E-state index in [1.165, 1.54) is 56.2 Å². The van der Waals surface area contributed by atoms with Gasteiger partial charge in [-0.1, -0.05) is 19.3 Å². The number of aryl methyl sites for hydroxylation is 1. The van der Waals surface area contributed by atoms with Crippen molar-refractivity contribution in [3.05, 3.63) is 47.9 Å². The van der Waals surface area contributed by atoms with E-state index < -0.39 is 5.82 Å². The van der Waals surface area contributed by atoms with E-state index in [-0.39, 0.29) is 5.75 Å². The number of hydrogen-bond donors (Lipinski definition) is 1. The Hall–Kier alpha value is -2.56. The first-order valence-corrected chi connectivity index (χ1v) is 9.22. The Morgan fingerprint density at radius 1 is 1.15 bits per heavy atom. The smallest absolute Gasteiger partial charge is 0.167 e. The molecule has 1 N–H and O–H groups in total. The summed E-state index contributed by atoms with van der Waals surface area (Å²) < 4.78 is 20.9.